The molecule has 1 atom stereocenters. The standard InChI is InChI=1S/C10H18N6O2S2/c1-3-4-8(17)18-6(2)7(14-16-10(12)20)5-13-15-9(11)19/h5-6H,3-4H2,1-2H3,(H3,11,15,19)(H3,12,16,20). The Morgan fingerprint density at radius 1 is 1.35 bits per heavy atom. The number of hydrazone groups is 2. The third-order valence-corrected chi connectivity index (χ3v) is 2.03. The van der Waals surface area contributed by atoms with Gasteiger partial charge in [-0.25, -0.2) is 0 Å². The van der Waals surface area contributed by atoms with Gasteiger partial charge < -0.3 is 16.2 Å². The Labute approximate surface area is 128 Å². The molecule has 0 aromatic heterocycles. The molecule has 0 spiro atoms. The second-order valence-corrected chi connectivity index (χ2v) is 4.51. The quantitative estimate of drug-likeness (QED) is 0.219. The van der Waals surface area contributed by atoms with Crippen LogP contribution in [0.1, 0.15) is 26.7 Å². The first kappa shape index (κ1) is 18.2. The molecule has 0 radical (unpaired) electrons. The number of rotatable bonds is 7. The third-order valence-electron chi connectivity index (χ3n) is 1.85. The molecule has 112 valence electrons. The number of hydrogen-bond donors (Lipinski definition) is 4. The SMILES string of the molecule is CCCC(=O)OC(C)C(C=NNC(N)=S)=NNC(N)=S. The van der Waals surface area contributed by atoms with Gasteiger partial charge in [-0.3, -0.25) is 15.6 Å². The summed E-state index contributed by atoms with van der Waals surface area (Å²) in [5.41, 5.74) is 15.5. The van der Waals surface area contributed by atoms with E-state index in [2.05, 4.69) is 45.5 Å². The molecule has 20 heavy (non-hydrogen) atoms. The van der Waals surface area contributed by atoms with Gasteiger partial charge in [0, 0.05) is 6.42 Å². The second-order valence-electron chi connectivity index (χ2n) is 3.63. The van der Waals surface area contributed by atoms with E-state index in [0.29, 0.717) is 18.6 Å². The lowest BCUT2D eigenvalue weighted by molar-refractivity contribution is -0.145. The van der Waals surface area contributed by atoms with E-state index in [-0.39, 0.29) is 16.2 Å². The molecule has 1 unspecified atom stereocenters. The van der Waals surface area contributed by atoms with Gasteiger partial charge in [-0.2, -0.15) is 10.2 Å². The minimum Gasteiger partial charge on any atom is -0.456 e. The van der Waals surface area contributed by atoms with Gasteiger partial charge in [0.05, 0.1) is 6.21 Å². The van der Waals surface area contributed by atoms with Crippen molar-refractivity contribution in [2.45, 2.75) is 32.8 Å². The molecule has 0 aromatic carbocycles. The van der Waals surface area contributed by atoms with E-state index in [4.69, 9.17) is 16.2 Å². The molecule has 0 fully saturated rings. The summed E-state index contributed by atoms with van der Waals surface area (Å²) in [6, 6.07) is 0. The number of ether oxygens (including phenoxy) is 1. The van der Waals surface area contributed by atoms with Gasteiger partial charge in [0.25, 0.3) is 0 Å². The first-order valence-electron chi connectivity index (χ1n) is 5.77. The fraction of sp³-hybridized carbons (Fsp3) is 0.500. The van der Waals surface area contributed by atoms with Crippen LogP contribution in [0, 0.1) is 0 Å². The van der Waals surface area contributed by atoms with Crippen molar-refractivity contribution in [2.75, 3.05) is 0 Å². The van der Waals surface area contributed by atoms with E-state index in [0.717, 1.165) is 0 Å². The molecule has 0 aliphatic carbocycles. The molecule has 0 saturated carbocycles. The zero-order valence-corrected chi connectivity index (χ0v) is 12.9. The third kappa shape index (κ3) is 9.16. The van der Waals surface area contributed by atoms with Crippen molar-refractivity contribution in [2.24, 2.45) is 21.7 Å². The molecule has 0 bridgehead atoms. The molecule has 6 N–H and O–H groups in total. The maximum absolute atomic E-state index is 11.4. The van der Waals surface area contributed by atoms with Crippen molar-refractivity contribution in [1.82, 2.24) is 10.9 Å². The van der Waals surface area contributed by atoms with Crippen molar-refractivity contribution in [1.29, 1.82) is 0 Å². The fourth-order valence-corrected chi connectivity index (χ4v) is 1.13. The van der Waals surface area contributed by atoms with Crippen LogP contribution in [0.15, 0.2) is 10.2 Å². The zero-order valence-electron chi connectivity index (χ0n) is 11.3. The molecule has 8 nitrogen and oxygen atoms in total. The van der Waals surface area contributed by atoms with E-state index in [9.17, 15) is 4.79 Å². The monoisotopic (exact) mass is 318 g/mol. The number of thiocarbonyl (C=S) groups is 2. The summed E-state index contributed by atoms with van der Waals surface area (Å²) in [5.74, 6) is -0.335. The van der Waals surface area contributed by atoms with E-state index in [1.165, 1.54) is 6.21 Å². The second kappa shape index (κ2) is 10.0. The maximum Gasteiger partial charge on any atom is 0.306 e. The first-order valence-corrected chi connectivity index (χ1v) is 6.59. The summed E-state index contributed by atoms with van der Waals surface area (Å²) in [5, 5.41) is 7.59. The van der Waals surface area contributed by atoms with Crippen LogP contribution < -0.4 is 22.3 Å². The normalized spacial score (nSPS) is 12.8. The van der Waals surface area contributed by atoms with Gasteiger partial charge in [-0.1, -0.05) is 6.92 Å². The highest BCUT2D eigenvalue weighted by Gasteiger charge is 2.14. The Morgan fingerprint density at radius 2 is 1.95 bits per heavy atom. The molecule has 0 rings (SSSR count). The fourth-order valence-electron chi connectivity index (χ4n) is 1.03. The molecule has 0 aliphatic heterocycles. The van der Waals surface area contributed by atoms with E-state index in [1.807, 2.05) is 6.92 Å². The highest BCUT2D eigenvalue weighted by atomic mass is 32.1. The number of carbonyl (C=O) groups excluding carboxylic acids is 1. The molecule has 0 heterocycles. The van der Waals surface area contributed by atoms with Crippen molar-refractivity contribution in [3.05, 3.63) is 0 Å². The van der Waals surface area contributed by atoms with Crippen molar-refractivity contribution >= 4 is 52.6 Å². The molecular formula is C10H18N6O2S2. The Bertz CT molecular complexity index is 424. The van der Waals surface area contributed by atoms with Gasteiger partial charge in [-0.05, 0) is 37.8 Å². The first-order chi connectivity index (χ1) is 9.36. The van der Waals surface area contributed by atoms with Gasteiger partial charge in [0.1, 0.15) is 11.8 Å². The molecule has 10 heteroatoms. The Hall–Kier alpha value is -1.81. The Morgan fingerprint density at radius 3 is 2.45 bits per heavy atom. The van der Waals surface area contributed by atoms with Crippen LogP contribution in [0.4, 0.5) is 0 Å². The average Bonchev–Trinajstić information content (AvgIpc) is 2.32. The summed E-state index contributed by atoms with van der Waals surface area (Å²) in [6.07, 6.45) is 1.69. The lowest BCUT2D eigenvalue weighted by Crippen LogP contribution is -2.32. The lowest BCUT2D eigenvalue weighted by atomic mass is 10.2. The maximum atomic E-state index is 11.4. The molecule has 0 amide bonds. The van der Waals surface area contributed by atoms with Gasteiger partial charge >= 0.3 is 5.97 Å². The largest absolute Gasteiger partial charge is 0.456 e. The Kier molecular flexibility index (Phi) is 9.13. The van der Waals surface area contributed by atoms with Crippen molar-refractivity contribution in [3.63, 3.8) is 0 Å². The van der Waals surface area contributed by atoms with Crippen LogP contribution in [0.3, 0.4) is 0 Å². The predicted octanol–water partition coefficient (Wildman–Crippen LogP) is -0.274. The number of hydrogen-bond acceptors (Lipinski definition) is 6. The number of esters is 1. The van der Waals surface area contributed by atoms with E-state index < -0.39 is 6.10 Å². The topological polar surface area (TPSA) is 127 Å². The van der Waals surface area contributed by atoms with E-state index in [1.54, 1.807) is 6.92 Å². The molecule has 0 aromatic rings. The summed E-state index contributed by atoms with van der Waals surface area (Å²) >= 11 is 9.23. The number of nitrogens with one attached hydrogen (secondary N) is 2. The van der Waals surface area contributed by atoms with Crippen LogP contribution >= 0.6 is 24.4 Å². The van der Waals surface area contributed by atoms with Crippen LogP contribution in [-0.2, 0) is 9.53 Å². The Balaban J connectivity index is 4.77. The van der Waals surface area contributed by atoms with Crippen LogP contribution in [-0.4, -0.2) is 34.2 Å². The minimum absolute atomic E-state index is 0.00136. The molecular weight excluding hydrogens is 300 g/mol. The molecule has 0 aliphatic rings. The van der Waals surface area contributed by atoms with Gasteiger partial charge in [0.15, 0.2) is 10.2 Å². The average molecular weight is 318 g/mol. The number of nitrogens with zero attached hydrogens (tertiary/aromatic N) is 2. The van der Waals surface area contributed by atoms with E-state index >= 15 is 0 Å². The smallest absolute Gasteiger partial charge is 0.306 e. The number of nitrogens with two attached hydrogens (primary N) is 2. The lowest BCUT2D eigenvalue weighted by Gasteiger charge is -2.13. The zero-order chi connectivity index (χ0) is 15.5. The van der Waals surface area contributed by atoms with Crippen LogP contribution in [0.25, 0.3) is 0 Å². The summed E-state index contributed by atoms with van der Waals surface area (Å²) < 4.78 is 5.17. The highest BCUT2D eigenvalue weighted by Crippen LogP contribution is 1.99. The number of carbonyl (C=O) groups is 1. The van der Waals surface area contributed by atoms with Gasteiger partial charge in [-0.15, -0.1) is 0 Å². The van der Waals surface area contributed by atoms with Gasteiger partial charge in [0.2, 0.25) is 0 Å². The van der Waals surface area contributed by atoms with Crippen molar-refractivity contribution < 1.29 is 9.53 Å². The van der Waals surface area contributed by atoms with Crippen LogP contribution in [0.5, 0.6) is 0 Å². The molecule has 0 saturated heterocycles. The predicted molar refractivity (Wildman–Crippen MR) is 86.2 cm³/mol. The van der Waals surface area contributed by atoms with Crippen LogP contribution in [0.2, 0.25) is 0 Å². The van der Waals surface area contributed by atoms with Crippen molar-refractivity contribution in [3.8, 4) is 0 Å². The summed E-state index contributed by atoms with van der Waals surface area (Å²) in [7, 11) is 0. The summed E-state index contributed by atoms with van der Waals surface area (Å²) in [4.78, 5) is 11.4. The summed E-state index contributed by atoms with van der Waals surface area (Å²) in [6.45, 7) is 3.52. The minimum atomic E-state index is -0.632. The highest BCUT2D eigenvalue weighted by molar-refractivity contribution is 7.80.